The molecule has 1 aliphatic heterocycles. The summed E-state index contributed by atoms with van der Waals surface area (Å²) in [6.07, 6.45) is 1.59. The topological polar surface area (TPSA) is 54.3 Å². The van der Waals surface area contributed by atoms with Crippen molar-refractivity contribution in [1.29, 1.82) is 0 Å². The van der Waals surface area contributed by atoms with Crippen LogP contribution < -0.4 is 5.32 Å². The molecule has 1 fully saturated rings. The van der Waals surface area contributed by atoms with Gasteiger partial charge in [-0.1, -0.05) is 11.6 Å². The van der Waals surface area contributed by atoms with Gasteiger partial charge in [0.25, 0.3) is 0 Å². The van der Waals surface area contributed by atoms with Gasteiger partial charge in [0, 0.05) is 40.6 Å². The van der Waals surface area contributed by atoms with Gasteiger partial charge < -0.3 is 9.88 Å². The second-order valence-corrected chi connectivity index (χ2v) is 8.00. The van der Waals surface area contributed by atoms with E-state index in [0.717, 1.165) is 48.6 Å². The highest BCUT2D eigenvalue weighted by molar-refractivity contribution is 6.30. The zero-order chi connectivity index (χ0) is 20.4. The number of amides is 1. The number of carbonyl (C=O) groups is 2. The zero-order valence-electron chi connectivity index (χ0n) is 17.0. The summed E-state index contributed by atoms with van der Waals surface area (Å²) in [6.45, 7) is 7.50. The summed E-state index contributed by atoms with van der Waals surface area (Å²) in [5.74, 6) is 0.287. The normalized spacial score (nSPS) is 16.8. The van der Waals surface area contributed by atoms with E-state index in [-0.39, 0.29) is 23.7 Å². The highest BCUT2D eigenvalue weighted by Gasteiger charge is 2.31. The molecule has 1 unspecified atom stereocenters. The van der Waals surface area contributed by atoms with Crippen LogP contribution in [0.15, 0.2) is 30.3 Å². The third-order valence-corrected chi connectivity index (χ3v) is 6.11. The number of carbonyl (C=O) groups excluding carboxylic acids is 2. The third-order valence-electron chi connectivity index (χ3n) is 5.86. The number of aryl methyl sites for hydroxylation is 1. The van der Waals surface area contributed by atoms with Crippen molar-refractivity contribution in [2.24, 2.45) is 5.92 Å². The lowest BCUT2D eigenvalue weighted by molar-refractivity contribution is -0.126. The molecule has 1 aliphatic rings. The minimum Gasteiger partial charge on any atom is -0.359 e. The van der Waals surface area contributed by atoms with Crippen LogP contribution in [-0.2, 0) is 4.79 Å². The van der Waals surface area contributed by atoms with E-state index < -0.39 is 0 Å². The Morgan fingerprint density at radius 3 is 2.32 bits per heavy atom. The first-order chi connectivity index (χ1) is 13.3. The molecule has 1 saturated heterocycles. The van der Waals surface area contributed by atoms with Crippen LogP contribution in [0.5, 0.6) is 0 Å². The number of nitrogens with one attached hydrogen (secondary N) is 1. The predicted molar refractivity (Wildman–Crippen MR) is 112 cm³/mol. The van der Waals surface area contributed by atoms with E-state index in [1.54, 1.807) is 7.05 Å². The number of Topliss-reactive ketones (excluding diaryl/α,β-unsaturated/α-hetero) is 1. The Morgan fingerprint density at radius 2 is 1.75 bits per heavy atom. The first-order valence-electron chi connectivity index (χ1n) is 9.78. The molecule has 6 heteroatoms. The maximum atomic E-state index is 13.2. The number of aromatic nitrogens is 1. The van der Waals surface area contributed by atoms with E-state index in [1.807, 2.05) is 51.1 Å². The van der Waals surface area contributed by atoms with E-state index in [2.05, 4.69) is 14.8 Å². The Labute approximate surface area is 171 Å². The smallest absolute Gasteiger partial charge is 0.222 e. The number of nitrogens with zero attached hydrogens (tertiary/aromatic N) is 2. The molecular weight excluding hydrogens is 374 g/mol. The molecular formula is C22H28ClN3O2. The fourth-order valence-corrected chi connectivity index (χ4v) is 4.27. The van der Waals surface area contributed by atoms with Crippen LogP contribution in [0.2, 0.25) is 5.02 Å². The molecule has 0 aliphatic carbocycles. The molecule has 2 aromatic rings. The highest BCUT2D eigenvalue weighted by atomic mass is 35.5. The molecule has 0 radical (unpaired) electrons. The molecule has 1 aromatic carbocycles. The molecule has 0 bridgehead atoms. The van der Waals surface area contributed by atoms with Gasteiger partial charge in [-0.3, -0.25) is 14.5 Å². The Hall–Kier alpha value is -2.11. The Balaban J connectivity index is 1.77. The van der Waals surface area contributed by atoms with Gasteiger partial charge in [-0.2, -0.15) is 0 Å². The molecule has 1 amide bonds. The van der Waals surface area contributed by atoms with Crippen LogP contribution in [0.3, 0.4) is 0 Å². The Bertz CT molecular complexity index is 865. The van der Waals surface area contributed by atoms with Crippen LogP contribution in [0.1, 0.15) is 41.5 Å². The van der Waals surface area contributed by atoms with E-state index in [0.29, 0.717) is 5.02 Å². The fraction of sp³-hybridized carbons (Fsp3) is 0.455. The number of hydrogen-bond acceptors (Lipinski definition) is 3. The molecule has 150 valence electrons. The third kappa shape index (κ3) is 4.01. The molecule has 2 heterocycles. The number of ketones is 1. The van der Waals surface area contributed by atoms with Crippen molar-refractivity contribution in [2.75, 3.05) is 20.1 Å². The summed E-state index contributed by atoms with van der Waals surface area (Å²) < 4.78 is 2.09. The van der Waals surface area contributed by atoms with Crippen LogP contribution in [0, 0.1) is 19.8 Å². The number of rotatable bonds is 5. The lowest BCUT2D eigenvalue weighted by atomic mass is 9.93. The number of likely N-dealkylation sites (tertiary alicyclic amines) is 1. The van der Waals surface area contributed by atoms with E-state index in [1.165, 1.54) is 0 Å². The van der Waals surface area contributed by atoms with Crippen molar-refractivity contribution >= 4 is 23.3 Å². The van der Waals surface area contributed by atoms with Crippen molar-refractivity contribution in [3.05, 3.63) is 52.3 Å². The summed E-state index contributed by atoms with van der Waals surface area (Å²) in [5.41, 5.74) is 3.72. The molecule has 3 rings (SSSR count). The lowest BCUT2D eigenvalue weighted by Crippen LogP contribution is -2.46. The predicted octanol–water partition coefficient (Wildman–Crippen LogP) is 3.78. The van der Waals surface area contributed by atoms with Crippen molar-refractivity contribution in [3.63, 3.8) is 0 Å². The van der Waals surface area contributed by atoms with Crippen LogP contribution in [0.4, 0.5) is 0 Å². The zero-order valence-corrected chi connectivity index (χ0v) is 17.7. The monoisotopic (exact) mass is 401 g/mol. The lowest BCUT2D eigenvalue weighted by Gasteiger charge is -2.34. The molecule has 1 atom stereocenters. The first kappa shape index (κ1) is 20.6. The minimum absolute atomic E-state index is 0.0542. The first-order valence-corrected chi connectivity index (χ1v) is 10.2. The second kappa shape index (κ2) is 8.50. The van der Waals surface area contributed by atoms with Gasteiger partial charge in [-0.15, -0.1) is 0 Å². The van der Waals surface area contributed by atoms with Crippen molar-refractivity contribution < 1.29 is 9.59 Å². The number of benzene rings is 1. The van der Waals surface area contributed by atoms with Crippen LogP contribution in [0.25, 0.3) is 5.69 Å². The summed E-state index contributed by atoms with van der Waals surface area (Å²) >= 11 is 6.01. The van der Waals surface area contributed by atoms with E-state index >= 15 is 0 Å². The van der Waals surface area contributed by atoms with Gasteiger partial charge >= 0.3 is 0 Å². The van der Waals surface area contributed by atoms with Gasteiger partial charge in [0.2, 0.25) is 5.91 Å². The standard InChI is InChI=1S/C22H28ClN3O2/c1-14-13-20(15(2)26(14)19-7-5-18(23)6-8-19)21(27)16(3)25-11-9-17(10-12-25)22(28)24-4/h5-8,13,16-17H,9-12H2,1-4H3,(H,24,28). The SMILES string of the molecule is CNC(=O)C1CCN(C(C)C(=O)c2cc(C)n(-c3ccc(Cl)cc3)c2C)CC1. The van der Waals surface area contributed by atoms with Crippen LogP contribution in [-0.4, -0.2) is 47.3 Å². The van der Waals surface area contributed by atoms with Gasteiger partial charge in [0.05, 0.1) is 6.04 Å². The van der Waals surface area contributed by atoms with Gasteiger partial charge in [-0.25, -0.2) is 0 Å². The molecule has 1 aromatic heterocycles. The molecule has 1 N–H and O–H groups in total. The summed E-state index contributed by atoms with van der Waals surface area (Å²) in [4.78, 5) is 27.3. The Kier molecular flexibility index (Phi) is 6.26. The summed E-state index contributed by atoms with van der Waals surface area (Å²) in [6, 6.07) is 9.41. The maximum Gasteiger partial charge on any atom is 0.222 e. The molecule has 28 heavy (non-hydrogen) atoms. The summed E-state index contributed by atoms with van der Waals surface area (Å²) in [7, 11) is 1.68. The van der Waals surface area contributed by atoms with Gasteiger partial charge in [-0.05, 0) is 77.0 Å². The van der Waals surface area contributed by atoms with E-state index in [9.17, 15) is 9.59 Å². The fourth-order valence-electron chi connectivity index (χ4n) is 4.14. The van der Waals surface area contributed by atoms with Crippen molar-refractivity contribution in [1.82, 2.24) is 14.8 Å². The minimum atomic E-state index is -0.204. The van der Waals surface area contributed by atoms with Gasteiger partial charge in [0.15, 0.2) is 5.78 Å². The maximum absolute atomic E-state index is 13.2. The van der Waals surface area contributed by atoms with Crippen LogP contribution >= 0.6 is 11.6 Å². The highest BCUT2D eigenvalue weighted by Crippen LogP contribution is 2.26. The Morgan fingerprint density at radius 1 is 1.14 bits per heavy atom. The second-order valence-electron chi connectivity index (χ2n) is 7.56. The quantitative estimate of drug-likeness (QED) is 0.776. The number of hydrogen-bond donors (Lipinski definition) is 1. The van der Waals surface area contributed by atoms with Crippen molar-refractivity contribution in [3.8, 4) is 5.69 Å². The largest absolute Gasteiger partial charge is 0.359 e. The van der Waals surface area contributed by atoms with E-state index in [4.69, 9.17) is 11.6 Å². The molecule has 5 nitrogen and oxygen atoms in total. The number of halogens is 1. The summed E-state index contributed by atoms with van der Waals surface area (Å²) in [5, 5.41) is 3.42. The molecule has 0 spiro atoms. The van der Waals surface area contributed by atoms with Gasteiger partial charge in [0.1, 0.15) is 0 Å². The number of piperidine rings is 1. The average Bonchev–Trinajstić information content (AvgIpc) is 3.01. The van der Waals surface area contributed by atoms with Crippen molar-refractivity contribution in [2.45, 2.75) is 39.7 Å². The average molecular weight is 402 g/mol. The molecule has 0 saturated carbocycles.